The predicted octanol–water partition coefficient (Wildman–Crippen LogP) is 2.58. The van der Waals surface area contributed by atoms with E-state index < -0.39 is 0 Å². The summed E-state index contributed by atoms with van der Waals surface area (Å²) in [5.41, 5.74) is 0. The van der Waals surface area contributed by atoms with Crippen LogP contribution in [0.3, 0.4) is 0 Å². The first kappa shape index (κ1) is 9.97. The molecule has 0 aliphatic heterocycles. The Hall–Kier alpha value is -0.570. The van der Waals surface area contributed by atoms with E-state index in [1.54, 1.807) is 0 Å². The van der Waals surface area contributed by atoms with Crippen molar-refractivity contribution < 1.29 is 4.42 Å². The first-order valence-corrected chi connectivity index (χ1v) is 5.79. The zero-order valence-corrected chi connectivity index (χ0v) is 8.96. The largest absolute Gasteiger partial charge is 0.425 e. The molecule has 0 radical (unpaired) electrons. The predicted molar refractivity (Wildman–Crippen MR) is 54.4 cm³/mol. The number of aryl methyl sites for hydroxylation is 1. The van der Waals surface area contributed by atoms with Gasteiger partial charge in [0.2, 0.25) is 11.8 Å². The van der Waals surface area contributed by atoms with Gasteiger partial charge in [0.15, 0.2) is 0 Å². The van der Waals surface area contributed by atoms with Gasteiger partial charge in [0, 0.05) is 18.7 Å². The Morgan fingerprint density at radius 3 is 2.71 bits per heavy atom. The van der Waals surface area contributed by atoms with Crippen LogP contribution in [0.5, 0.6) is 0 Å². The number of aromatic nitrogens is 2. The number of alkyl halides is 1. The van der Waals surface area contributed by atoms with Gasteiger partial charge in [-0.25, -0.2) is 0 Å². The van der Waals surface area contributed by atoms with Crippen molar-refractivity contribution in [3.63, 3.8) is 0 Å². The molecule has 0 atom stereocenters. The molecule has 1 aliphatic rings. The zero-order valence-electron chi connectivity index (χ0n) is 8.21. The van der Waals surface area contributed by atoms with Crippen molar-refractivity contribution in [1.29, 1.82) is 0 Å². The fraction of sp³-hybridized carbons (Fsp3) is 0.800. The molecule has 1 fully saturated rings. The van der Waals surface area contributed by atoms with E-state index in [9.17, 15) is 0 Å². The molecule has 0 bridgehead atoms. The van der Waals surface area contributed by atoms with Crippen LogP contribution in [0.15, 0.2) is 4.42 Å². The third-order valence-corrected chi connectivity index (χ3v) is 2.99. The number of halogens is 1. The quantitative estimate of drug-likeness (QED) is 0.708. The SMILES string of the molecule is ClCCCc1nnc(CC2CCC2)o1. The summed E-state index contributed by atoms with van der Waals surface area (Å²) >= 11 is 5.58. The lowest BCUT2D eigenvalue weighted by Crippen LogP contribution is -2.13. The second-order valence-electron chi connectivity index (χ2n) is 3.88. The minimum absolute atomic E-state index is 0.653. The van der Waals surface area contributed by atoms with E-state index in [-0.39, 0.29) is 0 Å². The van der Waals surface area contributed by atoms with Gasteiger partial charge in [-0.05, 0) is 25.2 Å². The van der Waals surface area contributed by atoms with Gasteiger partial charge in [-0.2, -0.15) is 0 Å². The van der Waals surface area contributed by atoms with Crippen LogP contribution < -0.4 is 0 Å². The van der Waals surface area contributed by atoms with Crippen molar-refractivity contribution in [2.45, 2.75) is 38.5 Å². The van der Waals surface area contributed by atoms with Gasteiger partial charge in [-0.15, -0.1) is 21.8 Å². The number of hydrogen-bond acceptors (Lipinski definition) is 3. The Morgan fingerprint density at radius 1 is 1.29 bits per heavy atom. The summed E-state index contributed by atoms with van der Waals surface area (Å²) in [5.74, 6) is 2.98. The molecule has 78 valence electrons. The minimum atomic E-state index is 0.653. The van der Waals surface area contributed by atoms with Gasteiger partial charge in [0.05, 0.1) is 0 Å². The van der Waals surface area contributed by atoms with Crippen molar-refractivity contribution in [1.82, 2.24) is 10.2 Å². The van der Waals surface area contributed by atoms with Gasteiger partial charge in [-0.3, -0.25) is 0 Å². The molecule has 0 aromatic carbocycles. The first-order valence-electron chi connectivity index (χ1n) is 5.25. The summed E-state index contributed by atoms with van der Waals surface area (Å²) in [6.45, 7) is 0. The molecule has 0 saturated heterocycles. The Morgan fingerprint density at radius 2 is 2.07 bits per heavy atom. The van der Waals surface area contributed by atoms with E-state index >= 15 is 0 Å². The number of nitrogens with zero attached hydrogens (tertiary/aromatic N) is 2. The van der Waals surface area contributed by atoms with Crippen molar-refractivity contribution >= 4 is 11.6 Å². The van der Waals surface area contributed by atoms with Gasteiger partial charge < -0.3 is 4.42 Å². The second-order valence-corrected chi connectivity index (χ2v) is 4.26. The minimum Gasteiger partial charge on any atom is -0.425 e. The molecule has 0 unspecified atom stereocenters. The van der Waals surface area contributed by atoms with E-state index in [0.29, 0.717) is 5.88 Å². The highest BCUT2D eigenvalue weighted by Crippen LogP contribution is 2.29. The van der Waals surface area contributed by atoms with Gasteiger partial charge in [0.1, 0.15) is 0 Å². The molecule has 4 heteroatoms. The third kappa shape index (κ3) is 2.47. The second kappa shape index (κ2) is 4.78. The molecule has 14 heavy (non-hydrogen) atoms. The van der Waals surface area contributed by atoms with Crippen molar-refractivity contribution in [3.8, 4) is 0 Å². The average molecular weight is 215 g/mol. The zero-order chi connectivity index (χ0) is 9.80. The van der Waals surface area contributed by atoms with Gasteiger partial charge >= 0.3 is 0 Å². The smallest absolute Gasteiger partial charge is 0.216 e. The van der Waals surface area contributed by atoms with Gasteiger partial charge in [-0.1, -0.05) is 6.42 Å². The molecule has 0 amide bonds. The molecular formula is C10H15ClN2O. The molecule has 0 N–H and O–H groups in total. The van der Waals surface area contributed by atoms with Crippen LogP contribution in [-0.2, 0) is 12.8 Å². The summed E-state index contributed by atoms with van der Waals surface area (Å²) in [4.78, 5) is 0. The summed E-state index contributed by atoms with van der Waals surface area (Å²) in [7, 11) is 0. The molecular weight excluding hydrogens is 200 g/mol. The van der Waals surface area contributed by atoms with Crippen LogP contribution in [-0.4, -0.2) is 16.1 Å². The monoisotopic (exact) mass is 214 g/mol. The Bertz CT molecular complexity index is 283. The maximum atomic E-state index is 5.58. The lowest BCUT2D eigenvalue weighted by molar-refractivity contribution is 0.287. The lowest BCUT2D eigenvalue weighted by Gasteiger charge is -2.23. The van der Waals surface area contributed by atoms with Crippen LogP contribution in [0.25, 0.3) is 0 Å². The van der Waals surface area contributed by atoms with Crippen LogP contribution in [0, 0.1) is 5.92 Å². The highest BCUT2D eigenvalue weighted by molar-refractivity contribution is 6.17. The average Bonchev–Trinajstić information content (AvgIpc) is 2.56. The topological polar surface area (TPSA) is 38.9 Å². The summed E-state index contributed by atoms with van der Waals surface area (Å²) in [6, 6.07) is 0. The van der Waals surface area contributed by atoms with Crippen LogP contribution in [0.2, 0.25) is 0 Å². The molecule has 3 nitrogen and oxygen atoms in total. The third-order valence-electron chi connectivity index (χ3n) is 2.72. The highest BCUT2D eigenvalue weighted by Gasteiger charge is 2.20. The van der Waals surface area contributed by atoms with Crippen molar-refractivity contribution in [3.05, 3.63) is 11.8 Å². The molecule has 1 heterocycles. The van der Waals surface area contributed by atoms with E-state index in [4.69, 9.17) is 16.0 Å². The Kier molecular flexibility index (Phi) is 3.40. The molecule has 2 rings (SSSR count). The van der Waals surface area contributed by atoms with Crippen molar-refractivity contribution in [2.24, 2.45) is 5.92 Å². The van der Waals surface area contributed by atoms with Crippen LogP contribution in [0.4, 0.5) is 0 Å². The van der Waals surface area contributed by atoms with Gasteiger partial charge in [0.25, 0.3) is 0 Å². The molecule has 1 aliphatic carbocycles. The summed E-state index contributed by atoms with van der Waals surface area (Å²) < 4.78 is 5.51. The van der Waals surface area contributed by atoms with Crippen LogP contribution >= 0.6 is 11.6 Å². The number of rotatable bonds is 5. The summed E-state index contributed by atoms with van der Waals surface area (Å²) in [6.07, 6.45) is 6.68. The van der Waals surface area contributed by atoms with Crippen LogP contribution in [0.1, 0.15) is 37.5 Å². The Balaban J connectivity index is 1.82. The molecule has 1 aromatic rings. The number of hydrogen-bond donors (Lipinski definition) is 0. The van der Waals surface area contributed by atoms with E-state index in [1.807, 2.05) is 0 Å². The fourth-order valence-electron chi connectivity index (χ4n) is 1.63. The van der Waals surface area contributed by atoms with E-state index in [2.05, 4.69) is 10.2 Å². The summed E-state index contributed by atoms with van der Waals surface area (Å²) in [5, 5.41) is 8.02. The fourth-order valence-corrected chi connectivity index (χ4v) is 1.77. The first-order chi connectivity index (χ1) is 6.88. The highest BCUT2D eigenvalue weighted by atomic mass is 35.5. The molecule has 1 saturated carbocycles. The normalized spacial score (nSPS) is 16.9. The van der Waals surface area contributed by atoms with Crippen molar-refractivity contribution in [2.75, 3.05) is 5.88 Å². The molecule has 0 spiro atoms. The molecule has 1 aromatic heterocycles. The standard InChI is InChI=1S/C10H15ClN2O/c11-6-2-5-9-12-13-10(14-9)7-8-3-1-4-8/h8H,1-7H2. The maximum Gasteiger partial charge on any atom is 0.216 e. The maximum absolute atomic E-state index is 5.58. The Labute approximate surface area is 88.9 Å². The lowest BCUT2D eigenvalue weighted by atomic mass is 9.83. The van der Waals surface area contributed by atoms with E-state index in [0.717, 1.165) is 37.0 Å². The van der Waals surface area contributed by atoms with E-state index in [1.165, 1.54) is 19.3 Å².